The predicted octanol–water partition coefficient (Wildman–Crippen LogP) is 2.36. The maximum Gasteiger partial charge on any atom is 0.246 e. The van der Waals surface area contributed by atoms with E-state index in [1.807, 2.05) is 0 Å². The second kappa shape index (κ2) is 6.92. The summed E-state index contributed by atoms with van der Waals surface area (Å²) in [5.41, 5.74) is 1.62. The van der Waals surface area contributed by atoms with E-state index in [0.29, 0.717) is 24.0 Å². The van der Waals surface area contributed by atoms with E-state index in [1.54, 1.807) is 19.2 Å². The third-order valence-electron chi connectivity index (χ3n) is 3.08. The highest BCUT2D eigenvalue weighted by atomic mass is 35.5. The van der Waals surface area contributed by atoms with E-state index >= 15 is 0 Å². The van der Waals surface area contributed by atoms with Crippen LogP contribution in [0.2, 0.25) is 5.02 Å². The van der Waals surface area contributed by atoms with Crippen molar-refractivity contribution in [2.75, 3.05) is 32.2 Å². The topological polar surface area (TPSA) is 59.6 Å². The molecule has 5 nitrogen and oxygen atoms in total. The van der Waals surface area contributed by atoms with E-state index < -0.39 is 0 Å². The van der Waals surface area contributed by atoms with Crippen molar-refractivity contribution in [3.63, 3.8) is 0 Å². The molecule has 1 aliphatic rings. The normalized spacial score (nSPS) is 16.9. The number of nitrogens with one attached hydrogen (secondary N) is 2. The Morgan fingerprint density at radius 2 is 2.20 bits per heavy atom. The number of hydrogen-bond acceptors (Lipinski definition) is 4. The van der Waals surface area contributed by atoms with Gasteiger partial charge in [0.05, 0.1) is 11.6 Å². The van der Waals surface area contributed by atoms with Crippen molar-refractivity contribution in [1.29, 1.82) is 0 Å². The molecule has 0 aromatic heterocycles. The predicted molar refractivity (Wildman–Crippen MR) is 78.5 cm³/mol. The lowest BCUT2D eigenvalue weighted by molar-refractivity contribution is -0.117. The van der Waals surface area contributed by atoms with E-state index in [2.05, 4.69) is 17.6 Å². The standard InChI is InChI=1S/C14H19ClN2O3/c1-3-4-16-13-9-7-10(15)12(20-6-5-19-2)8-11(9)17-14(13)18/h7-8,13,16H,3-6H2,1-2H3,(H,17,18). The van der Waals surface area contributed by atoms with Crippen LogP contribution in [0.4, 0.5) is 5.69 Å². The number of ether oxygens (including phenoxy) is 2. The first kappa shape index (κ1) is 15.1. The zero-order valence-electron chi connectivity index (χ0n) is 11.7. The molecular formula is C14H19ClN2O3. The zero-order chi connectivity index (χ0) is 14.5. The van der Waals surface area contributed by atoms with Crippen LogP contribution in [-0.4, -0.2) is 32.8 Å². The lowest BCUT2D eigenvalue weighted by atomic mass is 10.1. The molecular weight excluding hydrogens is 280 g/mol. The summed E-state index contributed by atoms with van der Waals surface area (Å²) >= 11 is 6.20. The van der Waals surface area contributed by atoms with E-state index in [-0.39, 0.29) is 11.9 Å². The zero-order valence-corrected chi connectivity index (χ0v) is 12.4. The Bertz CT molecular complexity index is 494. The second-order valence-corrected chi connectivity index (χ2v) is 4.99. The summed E-state index contributed by atoms with van der Waals surface area (Å²) in [7, 11) is 1.61. The molecule has 0 saturated carbocycles. The fraction of sp³-hybridized carbons (Fsp3) is 0.500. The fourth-order valence-electron chi connectivity index (χ4n) is 2.10. The van der Waals surface area contributed by atoms with Gasteiger partial charge in [-0.1, -0.05) is 18.5 Å². The lowest BCUT2D eigenvalue weighted by Gasteiger charge is -2.12. The first-order chi connectivity index (χ1) is 9.67. The molecule has 1 heterocycles. The van der Waals surface area contributed by atoms with Gasteiger partial charge in [0, 0.05) is 24.4 Å². The Labute approximate surface area is 123 Å². The molecule has 2 N–H and O–H groups in total. The van der Waals surface area contributed by atoms with Crippen molar-refractivity contribution in [3.8, 4) is 5.75 Å². The Kier molecular flexibility index (Phi) is 5.23. The van der Waals surface area contributed by atoms with Gasteiger partial charge >= 0.3 is 0 Å². The minimum Gasteiger partial charge on any atom is -0.490 e. The number of rotatable bonds is 7. The van der Waals surface area contributed by atoms with Gasteiger partial charge in [-0.15, -0.1) is 0 Å². The van der Waals surface area contributed by atoms with Crippen molar-refractivity contribution in [2.24, 2.45) is 0 Å². The van der Waals surface area contributed by atoms with Gasteiger partial charge in [-0.05, 0) is 19.0 Å². The largest absolute Gasteiger partial charge is 0.490 e. The van der Waals surface area contributed by atoms with Crippen LogP contribution in [0.25, 0.3) is 0 Å². The highest BCUT2D eigenvalue weighted by Gasteiger charge is 2.31. The van der Waals surface area contributed by atoms with Crippen molar-refractivity contribution < 1.29 is 14.3 Å². The smallest absolute Gasteiger partial charge is 0.246 e. The Morgan fingerprint density at radius 3 is 2.90 bits per heavy atom. The van der Waals surface area contributed by atoms with E-state index in [0.717, 1.165) is 24.2 Å². The van der Waals surface area contributed by atoms with Gasteiger partial charge in [0.1, 0.15) is 18.4 Å². The average molecular weight is 299 g/mol. The van der Waals surface area contributed by atoms with Gasteiger partial charge in [-0.3, -0.25) is 4.79 Å². The number of hydrogen-bond donors (Lipinski definition) is 2. The Morgan fingerprint density at radius 1 is 1.40 bits per heavy atom. The molecule has 0 bridgehead atoms. The molecule has 0 fully saturated rings. The van der Waals surface area contributed by atoms with Crippen molar-refractivity contribution in [2.45, 2.75) is 19.4 Å². The maximum absolute atomic E-state index is 11.9. The number of benzene rings is 1. The maximum atomic E-state index is 11.9. The molecule has 0 aliphatic carbocycles. The molecule has 0 spiro atoms. The molecule has 0 radical (unpaired) electrons. The lowest BCUT2D eigenvalue weighted by Crippen LogP contribution is -2.27. The molecule has 1 atom stereocenters. The van der Waals surface area contributed by atoms with Crippen LogP contribution in [0.3, 0.4) is 0 Å². The van der Waals surface area contributed by atoms with Gasteiger partial charge in [-0.2, -0.15) is 0 Å². The third kappa shape index (κ3) is 3.23. The Hall–Kier alpha value is -1.30. The number of methoxy groups -OCH3 is 1. The summed E-state index contributed by atoms with van der Waals surface area (Å²) in [6.45, 7) is 3.74. The van der Waals surface area contributed by atoms with Crippen LogP contribution in [-0.2, 0) is 9.53 Å². The molecule has 1 aromatic rings. The highest BCUT2D eigenvalue weighted by Crippen LogP contribution is 2.38. The van der Waals surface area contributed by atoms with Crippen LogP contribution in [0.5, 0.6) is 5.75 Å². The molecule has 0 saturated heterocycles. The monoisotopic (exact) mass is 298 g/mol. The summed E-state index contributed by atoms with van der Waals surface area (Å²) in [4.78, 5) is 11.9. The molecule has 20 heavy (non-hydrogen) atoms. The number of amides is 1. The van der Waals surface area contributed by atoms with Gasteiger partial charge < -0.3 is 20.1 Å². The molecule has 1 unspecified atom stereocenters. The first-order valence-electron chi connectivity index (χ1n) is 6.66. The summed E-state index contributed by atoms with van der Waals surface area (Å²) in [5, 5.41) is 6.55. The SMILES string of the molecule is CCCNC1C(=O)Nc2cc(OCCOC)c(Cl)cc21. The van der Waals surface area contributed by atoms with Gasteiger partial charge in [0.2, 0.25) is 5.91 Å². The van der Waals surface area contributed by atoms with Crippen LogP contribution < -0.4 is 15.4 Å². The van der Waals surface area contributed by atoms with Gasteiger partial charge in [-0.25, -0.2) is 0 Å². The molecule has 110 valence electrons. The highest BCUT2D eigenvalue weighted by molar-refractivity contribution is 6.32. The van der Waals surface area contributed by atoms with Crippen molar-refractivity contribution in [1.82, 2.24) is 5.32 Å². The quantitative estimate of drug-likeness (QED) is 0.759. The molecule has 1 aliphatic heterocycles. The minimum atomic E-state index is -0.338. The Balaban J connectivity index is 2.16. The van der Waals surface area contributed by atoms with Crippen molar-refractivity contribution >= 4 is 23.2 Å². The van der Waals surface area contributed by atoms with Crippen LogP contribution in [0.15, 0.2) is 12.1 Å². The molecule has 6 heteroatoms. The van der Waals surface area contributed by atoms with E-state index in [1.165, 1.54) is 0 Å². The molecule has 1 aromatic carbocycles. The number of carbonyl (C=O) groups is 1. The fourth-order valence-corrected chi connectivity index (χ4v) is 2.33. The van der Waals surface area contributed by atoms with E-state index in [9.17, 15) is 4.79 Å². The number of halogens is 1. The van der Waals surface area contributed by atoms with Crippen LogP contribution in [0.1, 0.15) is 24.9 Å². The number of carbonyl (C=O) groups excluding carboxylic acids is 1. The first-order valence-corrected chi connectivity index (χ1v) is 7.04. The van der Waals surface area contributed by atoms with E-state index in [4.69, 9.17) is 21.1 Å². The summed E-state index contributed by atoms with van der Waals surface area (Å²) in [6.07, 6.45) is 0.963. The molecule has 1 amide bonds. The average Bonchev–Trinajstić information content (AvgIpc) is 2.72. The number of fused-ring (bicyclic) bond motifs is 1. The minimum absolute atomic E-state index is 0.0569. The van der Waals surface area contributed by atoms with Crippen LogP contribution >= 0.6 is 11.6 Å². The summed E-state index contributed by atoms with van der Waals surface area (Å²) in [6, 6.07) is 3.21. The van der Waals surface area contributed by atoms with Crippen molar-refractivity contribution in [3.05, 3.63) is 22.7 Å². The number of anilines is 1. The van der Waals surface area contributed by atoms with Crippen LogP contribution in [0, 0.1) is 0 Å². The molecule has 2 rings (SSSR count). The summed E-state index contributed by atoms with van der Waals surface area (Å²) in [5.74, 6) is 0.498. The van der Waals surface area contributed by atoms with Gasteiger partial charge in [0.25, 0.3) is 0 Å². The second-order valence-electron chi connectivity index (χ2n) is 4.59. The van der Waals surface area contributed by atoms with Gasteiger partial charge in [0.15, 0.2) is 0 Å². The summed E-state index contributed by atoms with van der Waals surface area (Å²) < 4.78 is 10.5. The third-order valence-corrected chi connectivity index (χ3v) is 3.37.